The highest BCUT2D eigenvalue weighted by molar-refractivity contribution is 5.86. The normalized spacial score (nSPS) is 16.8. The first kappa shape index (κ1) is 20.2. The SMILES string of the molecule is CC(C)(C)OC(=O)Oc1ccc2nc3c(cc2c1)Cn1c-3cc2c(c1=O)COC(=O)[C@H]2O. The molecular weight excluding hydrogens is 416 g/mol. The lowest BCUT2D eigenvalue weighted by atomic mass is 10.0. The van der Waals surface area contributed by atoms with Crippen LogP contribution in [-0.4, -0.2) is 32.4 Å². The van der Waals surface area contributed by atoms with Gasteiger partial charge in [0.25, 0.3) is 5.56 Å². The number of cyclic esters (lactones) is 1. The molecule has 0 amide bonds. The first-order valence-corrected chi connectivity index (χ1v) is 10.1. The van der Waals surface area contributed by atoms with E-state index in [1.807, 2.05) is 6.07 Å². The van der Waals surface area contributed by atoms with Crippen LogP contribution in [-0.2, 0) is 27.4 Å². The van der Waals surface area contributed by atoms with Gasteiger partial charge in [-0.05, 0) is 51.1 Å². The van der Waals surface area contributed by atoms with Gasteiger partial charge in [-0.3, -0.25) is 4.79 Å². The van der Waals surface area contributed by atoms with Crippen LogP contribution in [0.4, 0.5) is 4.79 Å². The highest BCUT2D eigenvalue weighted by Crippen LogP contribution is 2.35. The van der Waals surface area contributed by atoms with E-state index in [9.17, 15) is 19.5 Å². The van der Waals surface area contributed by atoms with Crippen LogP contribution in [0.5, 0.6) is 5.75 Å². The number of pyridine rings is 2. The summed E-state index contributed by atoms with van der Waals surface area (Å²) in [4.78, 5) is 41.3. The zero-order valence-corrected chi connectivity index (χ0v) is 17.7. The van der Waals surface area contributed by atoms with Crippen LogP contribution in [0.3, 0.4) is 0 Å². The number of hydrogen-bond acceptors (Lipinski definition) is 8. The Morgan fingerprint density at radius 3 is 2.75 bits per heavy atom. The molecule has 1 aromatic carbocycles. The number of esters is 1. The molecule has 164 valence electrons. The highest BCUT2D eigenvalue weighted by Gasteiger charge is 2.33. The molecule has 2 aliphatic rings. The number of benzene rings is 1. The van der Waals surface area contributed by atoms with Crippen LogP contribution in [0.25, 0.3) is 22.3 Å². The number of fused-ring (bicyclic) bond motifs is 5. The van der Waals surface area contributed by atoms with Crippen LogP contribution in [0.15, 0.2) is 35.1 Å². The quantitative estimate of drug-likeness (QED) is 0.358. The number of hydrogen-bond donors (Lipinski definition) is 1. The fraction of sp³-hybridized carbons (Fsp3) is 0.304. The number of carbonyl (C=O) groups excluding carboxylic acids is 2. The Hall–Kier alpha value is -3.72. The summed E-state index contributed by atoms with van der Waals surface area (Å²) in [7, 11) is 0. The van der Waals surface area contributed by atoms with Crippen molar-refractivity contribution in [2.24, 2.45) is 0 Å². The molecule has 1 atom stereocenters. The molecule has 0 fully saturated rings. The van der Waals surface area contributed by atoms with Crippen molar-refractivity contribution in [1.29, 1.82) is 0 Å². The molecule has 3 aromatic rings. The highest BCUT2D eigenvalue weighted by atomic mass is 16.7. The van der Waals surface area contributed by atoms with E-state index in [0.29, 0.717) is 29.2 Å². The van der Waals surface area contributed by atoms with Gasteiger partial charge in [-0.2, -0.15) is 0 Å². The smallest absolute Gasteiger partial charge is 0.458 e. The molecule has 2 aliphatic heterocycles. The number of ether oxygens (including phenoxy) is 3. The van der Waals surface area contributed by atoms with Crippen molar-refractivity contribution in [2.75, 3.05) is 0 Å². The Labute approximate surface area is 182 Å². The lowest BCUT2D eigenvalue weighted by Crippen LogP contribution is -2.32. The van der Waals surface area contributed by atoms with E-state index >= 15 is 0 Å². The largest absolute Gasteiger partial charge is 0.514 e. The van der Waals surface area contributed by atoms with Gasteiger partial charge in [-0.15, -0.1) is 0 Å². The topological polar surface area (TPSA) is 117 Å². The number of nitrogens with zero attached hydrogens (tertiary/aromatic N) is 2. The Morgan fingerprint density at radius 1 is 1.22 bits per heavy atom. The average Bonchev–Trinajstić information content (AvgIpc) is 3.06. The zero-order chi connectivity index (χ0) is 22.8. The molecule has 9 heteroatoms. The Balaban J connectivity index is 1.53. The van der Waals surface area contributed by atoms with Gasteiger partial charge in [-0.25, -0.2) is 14.6 Å². The van der Waals surface area contributed by atoms with Crippen LogP contribution in [0.2, 0.25) is 0 Å². The second kappa shape index (κ2) is 6.89. The van der Waals surface area contributed by atoms with Crippen molar-refractivity contribution in [1.82, 2.24) is 9.55 Å². The van der Waals surface area contributed by atoms with E-state index in [4.69, 9.17) is 14.2 Å². The van der Waals surface area contributed by atoms with E-state index in [-0.39, 0.29) is 23.3 Å². The Kier molecular flexibility index (Phi) is 4.35. The Morgan fingerprint density at radius 2 is 2.00 bits per heavy atom. The molecule has 0 spiro atoms. The van der Waals surface area contributed by atoms with Gasteiger partial charge < -0.3 is 23.9 Å². The van der Waals surface area contributed by atoms with Gasteiger partial charge in [-0.1, -0.05) is 0 Å². The van der Waals surface area contributed by atoms with Gasteiger partial charge in [0.05, 0.1) is 29.0 Å². The summed E-state index contributed by atoms with van der Waals surface area (Å²) in [5, 5.41) is 10.9. The lowest BCUT2D eigenvalue weighted by molar-refractivity contribution is -0.157. The third-order valence-corrected chi connectivity index (χ3v) is 5.34. The molecule has 0 aliphatic carbocycles. The first-order chi connectivity index (χ1) is 15.1. The van der Waals surface area contributed by atoms with Gasteiger partial charge in [0.2, 0.25) is 0 Å². The van der Waals surface area contributed by atoms with Gasteiger partial charge in [0.1, 0.15) is 18.0 Å². The molecule has 9 nitrogen and oxygen atoms in total. The molecule has 1 N–H and O–H groups in total. The van der Waals surface area contributed by atoms with E-state index in [0.717, 1.165) is 10.9 Å². The molecule has 5 rings (SSSR count). The maximum absolute atomic E-state index is 13.0. The predicted octanol–water partition coefficient (Wildman–Crippen LogP) is 2.83. The molecule has 0 saturated carbocycles. The molecular formula is C23H20N2O7. The molecule has 2 aromatic heterocycles. The second-order valence-electron chi connectivity index (χ2n) is 8.78. The number of carbonyl (C=O) groups is 2. The van der Waals surface area contributed by atoms with Crippen LogP contribution in [0.1, 0.15) is 43.6 Å². The minimum atomic E-state index is -1.49. The maximum Gasteiger partial charge on any atom is 0.514 e. The molecule has 32 heavy (non-hydrogen) atoms. The van der Waals surface area contributed by atoms with Crippen LogP contribution >= 0.6 is 0 Å². The van der Waals surface area contributed by atoms with E-state index in [1.54, 1.807) is 49.6 Å². The van der Waals surface area contributed by atoms with Crippen molar-refractivity contribution in [3.8, 4) is 17.1 Å². The zero-order valence-electron chi connectivity index (χ0n) is 17.7. The van der Waals surface area contributed by atoms with Crippen LogP contribution in [0, 0.1) is 0 Å². The van der Waals surface area contributed by atoms with Gasteiger partial charge >= 0.3 is 12.1 Å². The van der Waals surface area contributed by atoms with Crippen molar-refractivity contribution in [3.05, 3.63) is 57.4 Å². The maximum atomic E-state index is 13.0. The van der Waals surface area contributed by atoms with Crippen LogP contribution < -0.4 is 10.3 Å². The monoisotopic (exact) mass is 436 g/mol. The van der Waals surface area contributed by atoms with Crippen molar-refractivity contribution in [2.45, 2.75) is 45.6 Å². The fourth-order valence-electron chi connectivity index (χ4n) is 3.94. The third kappa shape index (κ3) is 3.31. The van der Waals surface area contributed by atoms with E-state index in [2.05, 4.69) is 4.98 Å². The minimum Gasteiger partial charge on any atom is -0.458 e. The van der Waals surface area contributed by atoms with Gasteiger partial charge in [0.15, 0.2) is 6.10 Å². The fourth-order valence-corrected chi connectivity index (χ4v) is 3.94. The second-order valence-corrected chi connectivity index (χ2v) is 8.78. The molecule has 0 unspecified atom stereocenters. The number of aliphatic hydroxyl groups is 1. The summed E-state index contributed by atoms with van der Waals surface area (Å²) in [5.74, 6) is -0.459. The summed E-state index contributed by atoms with van der Waals surface area (Å²) in [6.45, 7) is 5.38. The number of aromatic nitrogens is 2. The van der Waals surface area contributed by atoms with E-state index in [1.165, 1.54) is 0 Å². The average molecular weight is 436 g/mol. The summed E-state index contributed by atoms with van der Waals surface area (Å²) >= 11 is 0. The third-order valence-electron chi connectivity index (χ3n) is 5.34. The van der Waals surface area contributed by atoms with Gasteiger partial charge in [0, 0.05) is 16.5 Å². The Bertz CT molecular complexity index is 1370. The molecule has 4 heterocycles. The van der Waals surface area contributed by atoms with Crippen molar-refractivity contribution in [3.63, 3.8) is 0 Å². The lowest BCUT2D eigenvalue weighted by Gasteiger charge is -2.21. The first-order valence-electron chi connectivity index (χ1n) is 10.1. The van der Waals surface area contributed by atoms with Crippen molar-refractivity contribution >= 4 is 23.0 Å². The predicted molar refractivity (Wildman–Crippen MR) is 112 cm³/mol. The van der Waals surface area contributed by atoms with Crippen molar-refractivity contribution < 1.29 is 28.9 Å². The number of aliphatic hydroxyl groups excluding tert-OH is 1. The molecule has 0 saturated heterocycles. The summed E-state index contributed by atoms with van der Waals surface area (Å²) in [5.41, 5.74) is 2.11. The summed E-state index contributed by atoms with van der Waals surface area (Å²) in [6.07, 6.45) is -2.29. The molecule has 0 radical (unpaired) electrons. The summed E-state index contributed by atoms with van der Waals surface area (Å²) < 4.78 is 16.9. The minimum absolute atomic E-state index is 0.165. The number of rotatable bonds is 1. The molecule has 0 bridgehead atoms. The van der Waals surface area contributed by atoms with E-state index < -0.39 is 23.8 Å². The standard InChI is InChI=1S/C23H20N2O7/c1-23(2,3)32-22(29)31-13-4-5-16-11(7-13)6-12-9-25-17(18(12)24-16)8-14-15(20(25)27)10-30-21(28)19(14)26/h4-8,19,26H,9-10H2,1-3H3/t19-/m0/s1. The summed E-state index contributed by atoms with van der Waals surface area (Å²) in [6, 6.07) is 8.51.